The molecule has 0 bridgehead atoms. The normalized spacial score (nSPS) is 11.4. The summed E-state index contributed by atoms with van der Waals surface area (Å²) in [6.07, 6.45) is 4.82. The van der Waals surface area contributed by atoms with E-state index in [0.29, 0.717) is 22.6 Å². The van der Waals surface area contributed by atoms with Crippen LogP contribution in [0.3, 0.4) is 0 Å². The number of amides is 1. The monoisotopic (exact) mass is 295 g/mol. The summed E-state index contributed by atoms with van der Waals surface area (Å²) >= 11 is 4.18. The average molecular weight is 295 g/mol. The Kier molecular flexibility index (Phi) is 10.3. The van der Waals surface area contributed by atoms with Crippen molar-refractivity contribution in [3.63, 3.8) is 0 Å². The van der Waals surface area contributed by atoms with Crippen molar-refractivity contribution in [2.75, 3.05) is 6.61 Å². The molecule has 0 saturated heterocycles. The Balaban J connectivity index is 0.00000172. The number of aliphatic imine (C=N–C) groups is 1. The zero-order valence-electron chi connectivity index (χ0n) is 12.0. The molecule has 2 N–H and O–H groups in total. The maximum Gasteiger partial charge on any atom is 0.257 e. The van der Waals surface area contributed by atoms with Crippen LogP contribution in [0.25, 0.3) is 0 Å². The minimum atomic E-state index is -0.275. The minimum absolute atomic E-state index is 0.0216. The number of hydrogen-bond donors (Lipinski definition) is 3. The summed E-state index contributed by atoms with van der Waals surface area (Å²) in [4.78, 5) is 20.2. The molecule has 1 aromatic rings. The van der Waals surface area contributed by atoms with Gasteiger partial charge in [0.25, 0.3) is 5.91 Å². The zero-order chi connectivity index (χ0) is 15.4. The topological polar surface area (TPSA) is 74.6 Å². The predicted octanol–water partition coefficient (Wildman–Crippen LogP) is 2.41. The van der Waals surface area contributed by atoms with Crippen molar-refractivity contribution >= 4 is 24.9 Å². The summed E-state index contributed by atoms with van der Waals surface area (Å²) < 4.78 is 0. The second-order valence-corrected chi connectivity index (χ2v) is 4.02. The second kappa shape index (κ2) is 11.2. The number of nitrogens with zero attached hydrogens (tertiary/aromatic N) is 2. The summed E-state index contributed by atoms with van der Waals surface area (Å²) in [5, 5.41) is 11.3. The number of carbonyl (C=O) groups is 1. The lowest BCUT2D eigenvalue weighted by molar-refractivity contribution is 0.0978. The van der Waals surface area contributed by atoms with E-state index < -0.39 is 0 Å². The van der Waals surface area contributed by atoms with Crippen molar-refractivity contribution in [3.8, 4) is 0 Å². The Bertz CT molecular complexity index is 459. The van der Waals surface area contributed by atoms with Crippen LogP contribution in [-0.2, 0) is 0 Å². The summed E-state index contributed by atoms with van der Waals surface area (Å²) in [5.41, 5.74) is 1.12. The molecule has 1 amide bonds. The van der Waals surface area contributed by atoms with Gasteiger partial charge in [-0.2, -0.15) is 0 Å². The van der Waals surface area contributed by atoms with Crippen LogP contribution in [0.15, 0.2) is 40.1 Å². The van der Waals surface area contributed by atoms with E-state index in [1.54, 1.807) is 25.3 Å². The lowest BCUT2D eigenvalue weighted by Crippen LogP contribution is -2.21. The number of thiol groups is 1. The van der Waals surface area contributed by atoms with Gasteiger partial charge in [-0.1, -0.05) is 13.8 Å². The fraction of sp³-hybridized carbons (Fsp3) is 0.357. The van der Waals surface area contributed by atoms with Crippen LogP contribution in [0.2, 0.25) is 0 Å². The highest BCUT2D eigenvalue weighted by Crippen LogP contribution is 2.12. The molecular weight excluding hydrogens is 274 g/mol. The maximum atomic E-state index is 11.6. The molecule has 0 aliphatic rings. The Hall–Kier alpha value is -1.66. The predicted molar refractivity (Wildman–Crippen MR) is 84.9 cm³/mol. The Morgan fingerprint density at radius 2 is 2.25 bits per heavy atom. The molecule has 110 valence electrons. The minimum Gasteiger partial charge on any atom is -0.396 e. The number of aliphatic hydroxyl groups excluding tert-OH is 1. The molecule has 0 unspecified atom stereocenters. The molecule has 0 atom stereocenters. The number of nitrogens with one attached hydrogen (secondary N) is 1. The Labute approximate surface area is 125 Å². The molecule has 0 fully saturated rings. The maximum absolute atomic E-state index is 11.6. The SMILES string of the molecule is C/C(N=CNC(=O)c1cccnc1)=C(/S)CCO.CC. The summed E-state index contributed by atoms with van der Waals surface area (Å²) in [6, 6.07) is 3.35. The van der Waals surface area contributed by atoms with Crippen LogP contribution in [0, 0.1) is 0 Å². The summed E-state index contributed by atoms with van der Waals surface area (Å²) in [7, 11) is 0. The summed E-state index contributed by atoms with van der Waals surface area (Å²) in [5.74, 6) is -0.275. The number of rotatable bonds is 5. The van der Waals surface area contributed by atoms with Gasteiger partial charge in [0.2, 0.25) is 0 Å². The van der Waals surface area contributed by atoms with E-state index in [-0.39, 0.29) is 12.5 Å². The lowest BCUT2D eigenvalue weighted by Gasteiger charge is -2.01. The van der Waals surface area contributed by atoms with Gasteiger partial charge < -0.3 is 10.4 Å². The van der Waals surface area contributed by atoms with Crippen LogP contribution in [0.5, 0.6) is 0 Å². The van der Waals surface area contributed by atoms with Gasteiger partial charge in [0, 0.05) is 36.0 Å². The number of allylic oxidation sites excluding steroid dienone is 1. The van der Waals surface area contributed by atoms with Gasteiger partial charge in [0.1, 0.15) is 0 Å². The van der Waals surface area contributed by atoms with Gasteiger partial charge in [-0.05, 0) is 19.1 Å². The molecular formula is C14H21N3O2S. The number of aliphatic hydroxyl groups is 1. The highest BCUT2D eigenvalue weighted by Gasteiger charge is 2.02. The quantitative estimate of drug-likeness (QED) is 0.443. The first kappa shape index (κ1) is 18.3. The van der Waals surface area contributed by atoms with E-state index in [1.165, 1.54) is 12.5 Å². The molecule has 5 nitrogen and oxygen atoms in total. The summed E-state index contributed by atoms with van der Waals surface area (Å²) in [6.45, 7) is 5.78. The first-order valence-electron chi connectivity index (χ1n) is 6.38. The lowest BCUT2D eigenvalue weighted by atomic mass is 10.3. The van der Waals surface area contributed by atoms with E-state index >= 15 is 0 Å². The fourth-order valence-electron chi connectivity index (χ4n) is 1.13. The third-order valence-corrected chi connectivity index (χ3v) is 2.69. The Morgan fingerprint density at radius 3 is 2.80 bits per heavy atom. The standard InChI is InChI=1S/C12H15N3O2S.C2H6/c1-9(11(18)4-6-16)14-8-15-12(17)10-3-2-5-13-7-10;1-2/h2-3,5,7-8,16,18H,4,6H2,1H3,(H,14,15,17);1-2H3/b11-9-;. The third-order valence-electron chi connectivity index (χ3n) is 2.14. The van der Waals surface area contributed by atoms with E-state index in [0.717, 1.165) is 0 Å². The highest BCUT2D eigenvalue weighted by molar-refractivity contribution is 7.84. The van der Waals surface area contributed by atoms with Crippen LogP contribution in [0.1, 0.15) is 37.6 Å². The number of pyridine rings is 1. The Morgan fingerprint density at radius 1 is 1.55 bits per heavy atom. The molecule has 0 aliphatic heterocycles. The molecule has 0 radical (unpaired) electrons. The van der Waals surface area contributed by atoms with Gasteiger partial charge in [-0.15, -0.1) is 12.6 Å². The van der Waals surface area contributed by atoms with Crippen LogP contribution in [0.4, 0.5) is 0 Å². The van der Waals surface area contributed by atoms with Gasteiger partial charge in [0.15, 0.2) is 0 Å². The smallest absolute Gasteiger partial charge is 0.257 e. The fourth-order valence-corrected chi connectivity index (χ4v) is 1.29. The molecule has 1 heterocycles. The van der Waals surface area contributed by atoms with Crippen molar-refractivity contribution in [3.05, 3.63) is 40.7 Å². The molecule has 6 heteroatoms. The highest BCUT2D eigenvalue weighted by atomic mass is 32.1. The van der Waals surface area contributed by atoms with Crippen molar-refractivity contribution in [1.82, 2.24) is 10.3 Å². The van der Waals surface area contributed by atoms with E-state index in [9.17, 15) is 4.79 Å². The van der Waals surface area contributed by atoms with Crippen LogP contribution in [-0.4, -0.2) is 28.9 Å². The molecule has 0 aromatic carbocycles. The molecule has 0 aliphatic carbocycles. The average Bonchev–Trinajstić information content (AvgIpc) is 2.50. The largest absolute Gasteiger partial charge is 0.396 e. The molecule has 1 aromatic heterocycles. The van der Waals surface area contributed by atoms with E-state index in [4.69, 9.17) is 5.11 Å². The molecule has 0 spiro atoms. The van der Waals surface area contributed by atoms with Crippen molar-refractivity contribution in [2.24, 2.45) is 4.99 Å². The first-order chi connectivity index (χ1) is 9.65. The third kappa shape index (κ3) is 7.06. The second-order valence-electron chi connectivity index (χ2n) is 3.48. The van der Waals surface area contributed by atoms with E-state index in [1.807, 2.05) is 13.8 Å². The van der Waals surface area contributed by atoms with Gasteiger partial charge >= 0.3 is 0 Å². The number of hydrogen-bond acceptors (Lipinski definition) is 5. The van der Waals surface area contributed by atoms with E-state index in [2.05, 4.69) is 27.9 Å². The van der Waals surface area contributed by atoms with Gasteiger partial charge in [-0.3, -0.25) is 9.78 Å². The van der Waals surface area contributed by atoms with Gasteiger partial charge in [-0.25, -0.2) is 4.99 Å². The first-order valence-corrected chi connectivity index (χ1v) is 6.83. The van der Waals surface area contributed by atoms with Crippen molar-refractivity contribution in [1.29, 1.82) is 0 Å². The van der Waals surface area contributed by atoms with Crippen LogP contribution < -0.4 is 5.32 Å². The molecule has 1 rings (SSSR count). The number of aromatic nitrogens is 1. The molecule has 20 heavy (non-hydrogen) atoms. The van der Waals surface area contributed by atoms with Gasteiger partial charge in [0.05, 0.1) is 11.9 Å². The van der Waals surface area contributed by atoms with Crippen LogP contribution >= 0.6 is 12.6 Å². The zero-order valence-corrected chi connectivity index (χ0v) is 12.9. The van der Waals surface area contributed by atoms with Crippen molar-refractivity contribution in [2.45, 2.75) is 27.2 Å². The number of carbonyl (C=O) groups excluding carboxylic acids is 1. The van der Waals surface area contributed by atoms with Crippen molar-refractivity contribution < 1.29 is 9.90 Å². The molecule has 0 saturated carbocycles.